The third-order valence-electron chi connectivity index (χ3n) is 2.20. The molecule has 0 radical (unpaired) electrons. The third kappa shape index (κ3) is 3.64. The zero-order valence-corrected chi connectivity index (χ0v) is 10.5. The fraction of sp³-hybridized carbons (Fsp3) is 0.364. The minimum absolute atomic E-state index is 0.0240. The van der Waals surface area contributed by atoms with Gasteiger partial charge in [0, 0.05) is 11.0 Å². The van der Waals surface area contributed by atoms with E-state index in [2.05, 4.69) is 26.6 Å². The number of likely N-dealkylation sites (N-methyl/N-ethyl adjacent to an activating group) is 1. The summed E-state index contributed by atoms with van der Waals surface area (Å²) >= 11 is 3.37. The van der Waals surface area contributed by atoms with E-state index in [0.717, 1.165) is 11.0 Å². The number of halogens is 1. The second-order valence-electron chi connectivity index (χ2n) is 3.33. The maximum absolute atomic E-state index is 11.5. The molecule has 0 aliphatic carbocycles. The molecule has 0 saturated carbocycles. The molecule has 3 nitrogen and oxygen atoms in total. The lowest BCUT2D eigenvalue weighted by Gasteiger charge is -2.11. The predicted molar refractivity (Wildman–Crippen MR) is 66.2 cm³/mol. The number of anilines is 1. The molecule has 15 heavy (non-hydrogen) atoms. The van der Waals surface area contributed by atoms with Crippen LogP contribution < -0.4 is 10.6 Å². The number of hydrogen-bond donors (Lipinski definition) is 2. The lowest BCUT2D eigenvalue weighted by atomic mass is 10.2. The molecular weight excluding hydrogens is 256 g/mol. The van der Waals surface area contributed by atoms with E-state index < -0.39 is 0 Å². The molecule has 0 heterocycles. The van der Waals surface area contributed by atoms with Crippen molar-refractivity contribution in [1.29, 1.82) is 0 Å². The zero-order valence-electron chi connectivity index (χ0n) is 8.88. The van der Waals surface area contributed by atoms with Crippen LogP contribution in [0, 0.1) is 0 Å². The average molecular weight is 271 g/mol. The van der Waals surface area contributed by atoms with Crippen LogP contribution in [0.3, 0.4) is 0 Å². The summed E-state index contributed by atoms with van der Waals surface area (Å²) < 4.78 is 0. The maximum atomic E-state index is 11.5. The van der Waals surface area contributed by atoms with Gasteiger partial charge in [0.05, 0.1) is 6.04 Å². The summed E-state index contributed by atoms with van der Waals surface area (Å²) in [5.74, 6) is -0.0240. The molecule has 1 aromatic carbocycles. The molecule has 0 aliphatic rings. The van der Waals surface area contributed by atoms with Crippen LogP contribution in [0.25, 0.3) is 0 Å². The van der Waals surface area contributed by atoms with E-state index >= 15 is 0 Å². The number of carbonyl (C=O) groups is 1. The Morgan fingerprint density at radius 3 is 2.47 bits per heavy atom. The number of amides is 1. The van der Waals surface area contributed by atoms with Gasteiger partial charge in [0.25, 0.3) is 0 Å². The average Bonchev–Trinajstić information content (AvgIpc) is 2.29. The Bertz CT molecular complexity index is 324. The number of carbonyl (C=O) groups excluding carboxylic acids is 1. The van der Waals surface area contributed by atoms with Crippen molar-refractivity contribution < 1.29 is 4.79 Å². The Kier molecular flexibility index (Phi) is 4.78. The van der Waals surface area contributed by atoms with Crippen LogP contribution in [-0.4, -0.2) is 19.0 Å². The molecule has 0 aromatic heterocycles. The van der Waals surface area contributed by atoms with Crippen LogP contribution in [0.1, 0.15) is 12.5 Å². The van der Waals surface area contributed by atoms with Gasteiger partial charge in [0.15, 0.2) is 0 Å². The van der Waals surface area contributed by atoms with Crippen LogP contribution in [0.4, 0.5) is 5.69 Å². The van der Waals surface area contributed by atoms with Crippen LogP contribution in [-0.2, 0) is 10.1 Å². The number of benzene rings is 1. The molecule has 1 atom stereocenters. The minimum atomic E-state index is -0.180. The molecule has 0 aliphatic heterocycles. The van der Waals surface area contributed by atoms with Crippen molar-refractivity contribution in [3.63, 3.8) is 0 Å². The molecule has 0 saturated heterocycles. The van der Waals surface area contributed by atoms with Gasteiger partial charge in [-0.1, -0.05) is 28.1 Å². The van der Waals surface area contributed by atoms with Gasteiger partial charge in [0.1, 0.15) is 0 Å². The fourth-order valence-electron chi connectivity index (χ4n) is 1.06. The molecule has 82 valence electrons. The Balaban J connectivity index is 2.61. The van der Waals surface area contributed by atoms with Gasteiger partial charge >= 0.3 is 0 Å². The van der Waals surface area contributed by atoms with Gasteiger partial charge in [-0.3, -0.25) is 4.79 Å². The molecule has 1 aromatic rings. The molecule has 0 fully saturated rings. The van der Waals surface area contributed by atoms with E-state index in [9.17, 15) is 4.79 Å². The number of rotatable bonds is 4. The molecule has 1 amide bonds. The second kappa shape index (κ2) is 5.88. The van der Waals surface area contributed by atoms with Gasteiger partial charge in [-0.05, 0) is 31.7 Å². The van der Waals surface area contributed by atoms with Gasteiger partial charge in [-0.25, -0.2) is 0 Å². The van der Waals surface area contributed by atoms with E-state index in [1.54, 1.807) is 7.05 Å². The second-order valence-corrected chi connectivity index (χ2v) is 3.89. The van der Waals surface area contributed by atoms with Crippen molar-refractivity contribution in [2.75, 3.05) is 12.4 Å². The lowest BCUT2D eigenvalue weighted by molar-refractivity contribution is -0.117. The molecule has 1 unspecified atom stereocenters. The molecule has 0 bridgehead atoms. The Morgan fingerprint density at radius 1 is 1.40 bits per heavy atom. The van der Waals surface area contributed by atoms with E-state index in [4.69, 9.17) is 0 Å². The van der Waals surface area contributed by atoms with Crippen molar-refractivity contribution in [3.8, 4) is 0 Å². The van der Waals surface area contributed by atoms with Crippen LogP contribution in [0.2, 0.25) is 0 Å². The minimum Gasteiger partial charge on any atom is -0.325 e. The van der Waals surface area contributed by atoms with E-state index in [-0.39, 0.29) is 11.9 Å². The summed E-state index contributed by atoms with van der Waals surface area (Å²) in [6.45, 7) is 1.82. The predicted octanol–water partition coefficient (Wildman–Crippen LogP) is 2.13. The number of nitrogens with one attached hydrogen (secondary N) is 2. The van der Waals surface area contributed by atoms with Crippen LogP contribution in [0.5, 0.6) is 0 Å². The smallest absolute Gasteiger partial charge is 0.241 e. The summed E-state index contributed by atoms with van der Waals surface area (Å²) in [4.78, 5) is 11.5. The largest absolute Gasteiger partial charge is 0.325 e. The van der Waals surface area contributed by atoms with Crippen molar-refractivity contribution in [2.45, 2.75) is 18.3 Å². The Hall–Kier alpha value is -0.870. The summed E-state index contributed by atoms with van der Waals surface area (Å²) in [6.07, 6.45) is 0. The van der Waals surface area contributed by atoms with Crippen molar-refractivity contribution in [3.05, 3.63) is 29.8 Å². The van der Waals surface area contributed by atoms with Crippen LogP contribution in [0.15, 0.2) is 24.3 Å². The molecule has 2 N–H and O–H groups in total. The van der Waals surface area contributed by atoms with Gasteiger partial charge in [-0.15, -0.1) is 0 Å². The van der Waals surface area contributed by atoms with Gasteiger partial charge in [-0.2, -0.15) is 0 Å². The van der Waals surface area contributed by atoms with Crippen molar-refractivity contribution in [2.24, 2.45) is 0 Å². The Morgan fingerprint density at radius 2 is 2.00 bits per heavy atom. The lowest BCUT2D eigenvalue weighted by Crippen LogP contribution is -2.35. The van der Waals surface area contributed by atoms with E-state index in [1.807, 2.05) is 31.2 Å². The topological polar surface area (TPSA) is 41.1 Å². The van der Waals surface area contributed by atoms with E-state index in [0.29, 0.717) is 0 Å². The third-order valence-corrected chi connectivity index (χ3v) is 2.85. The highest BCUT2D eigenvalue weighted by atomic mass is 79.9. The first kappa shape index (κ1) is 12.2. The van der Waals surface area contributed by atoms with Crippen molar-refractivity contribution in [1.82, 2.24) is 5.32 Å². The highest BCUT2D eigenvalue weighted by Gasteiger charge is 2.09. The molecule has 4 heteroatoms. The first-order valence-electron chi connectivity index (χ1n) is 4.80. The van der Waals surface area contributed by atoms with Gasteiger partial charge in [0.2, 0.25) is 5.91 Å². The standard InChI is InChI=1S/C11H15BrN2O/c1-8(13-2)11(15)14-10-5-3-9(7-12)4-6-10/h3-6,8,13H,7H2,1-2H3,(H,14,15). The van der Waals surface area contributed by atoms with Crippen molar-refractivity contribution >= 4 is 27.5 Å². The fourth-order valence-corrected chi connectivity index (χ4v) is 1.43. The Labute approximate surface area is 98.4 Å². The SMILES string of the molecule is CNC(C)C(=O)Nc1ccc(CBr)cc1. The van der Waals surface area contributed by atoms with Gasteiger partial charge < -0.3 is 10.6 Å². The normalized spacial score (nSPS) is 12.2. The summed E-state index contributed by atoms with van der Waals surface area (Å²) in [7, 11) is 1.76. The highest BCUT2D eigenvalue weighted by molar-refractivity contribution is 9.08. The number of hydrogen-bond acceptors (Lipinski definition) is 2. The molecule has 0 spiro atoms. The highest BCUT2D eigenvalue weighted by Crippen LogP contribution is 2.11. The monoisotopic (exact) mass is 270 g/mol. The number of alkyl halides is 1. The van der Waals surface area contributed by atoms with Crippen LogP contribution >= 0.6 is 15.9 Å². The summed E-state index contributed by atoms with van der Waals surface area (Å²) in [5.41, 5.74) is 2.02. The molecular formula is C11H15BrN2O. The zero-order chi connectivity index (χ0) is 11.3. The quantitative estimate of drug-likeness (QED) is 0.824. The summed E-state index contributed by atoms with van der Waals surface area (Å²) in [6, 6.07) is 7.58. The maximum Gasteiger partial charge on any atom is 0.241 e. The molecule has 1 rings (SSSR count). The van der Waals surface area contributed by atoms with E-state index in [1.165, 1.54) is 5.56 Å². The first-order valence-corrected chi connectivity index (χ1v) is 5.92. The summed E-state index contributed by atoms with van der Waals surface area (Å²) in [5, 5.41) is 6.54. The first-order chi connectivity index (χ1) is 7.17.